The second-order valence-corrected chi connectivity index (χ2v) is 5.29. The van der Waals surface area contributed by atoms with Crippen molar-refractivity contribution >= 4 is 0 Å². The first-order chi connectivity index (χ1) is 8.70. The zero-order chi connectivity index (χ0) is 13.0. The Morgan fingerprint density at radius 3 is 2.94 bits per heavy atom. The average Bonchev–Trinajstić information content (AvgIpc) is 2.59. The number of hydrogen-bond donors (Lipinski definition) is 2. The third-order valence-corrected chi connectivity index (χ3v) is 3.81. The van der Waals surface area contributed by atoms with Gasteiger partial charge in [0, 0.05) is 19.1 Å². The Kier molecular flexibility index (Phi) is 4.78. The number of rotatable bonds is 4. The highest BCUT2D eigenvalue weighted by Gasteiger charge is 2.21. The van der Waals surface area contributed by atoms with Gasteiger partial charge in [0.1, 0.15) is 0 Å². The molecule has 1 fully saturated rings. The van der Waals surface area contributed by atoms with E-state index in [1.54, 1.807) is 0 Å². The van der Waals surface area contributed by atoms with E-state index in [9.17, 15) is 5.11 Å². The minimum atomic E-state index is -0.188. The van der Waals surface area contributed by atoms with Crippen molar-refractivity contribution in [3.8, 4) is 0 Å². The minimum Gasteiger partial charge on any atom is -0.392 e. The highest BCUT2D eigenvalue weighted by Crippen LogP contribution is 2.18. The summed E-state index contributed by atoms with van der Waals surface area (Å²) in [5, 5.41) is 18.0. The van der Waals surface area contributed by atoms with Crippen molar-refractivity contribution in [1.29, 1.82) is 0 Å². The molecule has 4 heteroatoms. The van der Waals surface area contributed by atoms with Crippen LogP contribution in [-0.2, 0) is 13.1 Å². The van der Waals surface area contributed by atoms with Gasteiger partial charge in [-0.05, 0) is 32.8 Å². The molecule has 18 heavy (non-hydrogen) atoms. The van der Waals surface area contributed by atoms with Crippen molar-refractivity contribution in [2.24, 2.45) is 0 Å². The van der Waals surface area contributed by atoms with E-state index in [0.717, 1.165) is 38.0 Å². The maximum absolute atomic E-state index is 10.1. The summed E-state index contributed by atoms with van der Waals surface area (Å²) < 4.78 is 2.03. The van der Waals surface area contributed by atoms with E-state index in [0.29, 0.717) is 0 Å². The van der Waals surface area contributed by atoms with E-state index < -0.39 is 0 Å². The van der Waals surface area contributed by atoms with Gasteiger partial charge >= 0.3 is 0 Å². The average molecular weight is 251 g/mol. The van der Waals surface area contributed by atoms with Crippen LogP contribution in [0, 0.1) is 6.92 Å². The molecule has 1 aromatic rings. The molecule has 2 unspecified atom stereocenters. The van der Waals surface area contributed by atoms with Gasteiger partial charge in [-0.2, -0.15) is 5.10 Å². The summed E-state index contributed by atoms with van der Waals surface area (Å²) >= 11 is 0. The van der Waals surface area contributed by atoms with Crippen LogP contribution in [0.5, 0.6) is 0 Å². The zero-order valence-corrected chi connectivity index (χ0v) is 11.5. The molecular weight excluding hydrogens is 226 g/mol. The smallest absolute Gasteiger partial charge is 0.0693 e. The molecule has 1 aliphatic rings. The highest BCUT2D eigenvalue weighted by molar-refractivity contribution is 5.09. The van der Waals surface area contributed by atoms with Gasteiger partial charge < -0.3 is 10.4 Å². The summed E-state index contributed by atoms with van der Waals surface area (Å²) in [4.78, 5) is 0. The van der Waals surface area contributed by atoms with Crippen molar-refractivity contribution in [3.63, 3.8) is 0 Å². The van der Waals surface area contributed by atoms with Gasteiger partial charge in [-0.1, -0.05) is 19.3 Å². The topological polar surface area (TPSA) is 50.1 Å². The number of nitrogens with zero attached hydrogens (tertiary/aromatic N) is 2. The summed E-state index contributed by atoms with van der Waals surface area (Å²) in [5.41, 5.74) is 2.28. The van der Waals surface area contributed by atoms with Crippen molar-refractivity contribution in [2.45, 2.75) is 71.2 Å². The molecule has 1 heterocycles. The van der Waals surface area contributed by atoms with Gasteiger partial charge in [0.15, 0.2) is 0 Å². The van der Waals surface area contributed by atoms with Crippen LogP contribution in [0.15, 0.2) is 6.07 Å². The molecule has 2 N–H and O–H groups in total. The predicted molar refractivity (Wildman–Crippen MR) is 72.4 cm³/mol. The zero-order valence-electron chi connectivity index (χ0n) is 11.5. The van der Waals surface area contributed by atoms with Gasteiger partial charge in [0.05, 0.1) is 17.5 Å². The Labute approximate surface area is 109 Å². The van der Waals surface area contributed by atoms with E-state index in [1.165, 1.54) is 18.5 Å². The Hall–Kier alpha value is -0.870. The lowest BCUT2D eigenvalue weighted by Crippen LogP contribution is -2.39. The molecular formula is C14H25N3O. The Bertz CT molecular complexity index is 375. The lowest BCUT2D eigenvalue weighted by atomic mass is 10.1. The van der Waals surface area contributed by atoms with Crippen LogP contribution < -0.4 is 5.32 Å². The first-order valence-corrected chi connectivity index (χ1v) is 7.15. The maximum Gasteiger partial charge on any atom is 0.0693 e. The van der Waals surface area contributed by atoms with Crippen LogP contribution >= 0.6 is 0 Å². The minimum absolute atomic E-state index is 0.188. The Balaban J connectivity index is 1.93. The van der Waals surface area contributed by atoms with E-state index in [1.807, 2.05) is 11.6 Å². The lowest BCUT2D eigenvalue weighted by molar-refractivity contribution is 0.119. The number of nitrogens with one attached hydrogen (secondary N) is 1. The van der Waals surface area contributed by atoms with Crippen molar-refractivity contribution in [3.05, 3.63) is 17.5 Å². The normalized spacial score (nSPS) is 25.1. The first kappa shape index (κ1) is 13.6. The fourth-order valence-corrected chi connectivity index (χ4v) is 2.78. The largest absolute Gasteiger partial charge is 0.392 e. The number of aliphatic hydroxyl groups excluding tert-OH is 1. The molecule has 1 saturated carbocycles. The molecule has 0 amide bonds. The molecule has 102 valence electrons. The molecule has 4 nitrogen and oxygen atoms in total. The molecule has 0 bridgehead atoms. The molecule has 1 aliphatic carbocycles. The number of aryl methyl sites for hydroxylation is 2. The van der Waals surface area contributed by atoms with E-state index in [4.69, 9.17) is 0 Å². The van der Waals surface area contributed by atoms with Crippen LogP contribution in [0.1, 0.15) is 50.4 Å². The second kappa shape index (κ2) is 6.34. The van der Waals surface area contributed by atoms with Crippen molar-refractivity contribution in [1.82, 2.24) is 15.1 Å². The maximum atomic E-state index is 10.1. The molecule has 0 radical (unpaired) electrons. The highest BCUT2D eigenvalue weighted by atomic mass is 16.3. The molecule has 1 aromatic heterocycles. The molecule has 0 spiro atoms. The third-order valence-electron chi connectivity index (χ3n) is 3.81. The molecule has 2 rings (SSSR count). The van der Waals surface area contributed by atoms with Crippen LogP contribution in [0.4, 0.5) is 0 Å². The number of hydrogen-bond acceptors (Lipinski definition) is 3. The number of aliphatic hydroxyl groups is 1. The molecule has 2 atom stereocenters. The summed E-state index contributed by atoms with van der Waals surface area (Å²) in [6.45, 7) is 5.83. The predicted octanol–water partition coefficient (Wildman–Crippen LogP) is 1.99. The molecule has 0 aliphatic heterocycles. The fourth-order valence-electron chi connectivity index (χ4n) is 2.78. The van der Waals surface area contributed by atoms with E-state index >= 15 is 0 Å². The van der Waals surface area contributed by atoms with Crippen LogP contribution in [0.25, 0.3) is 0 Å². The first-order valence-electron chi connectivity index (χ1n) is 7.15. The van der Waals surface area contributed by atoms with E-state index in [-0.39, 0.29) is 12.1 Å². The summed E-state index contributed by atoms with van der Waals surface area (Å²) in [5.74, 6) is 0. The van der Waals surface area contributed by atoms with Gasteiger partial charge in [-0.25, -0.2) is 0 Å². The lowest BCUT2D eigenvalue weighted by Gasteiger charge is -2.21. The van der Waals surface area contributed by atoms with Gasteiger partial charge in [0.25, 0.3) is 0 Å². The van der Waals surface area contributed by atoms with Crippen LogP contribution in [0.3, 0.4) is 0 Å². The van der Waals surface area contributed by atoms with Crippen molar-refractivity contribution in [2.75, 3.05) is 0 Å². The van der Waals surface area contributed by atoms with Gasteiger partial charge in [-0.3, -0.25) is 4.68 Å². The number of aromatic nitrogens is 2. The monoisotopic (exact) mass is 251 g/mol. The SMILES string of the molecule is CCn1nc(C)cc1CNC1CCCCCC1O. The quantitative estimate of drug-likeness (QED) is 0.805. The van der Waals surface area contributed by atoms with Gasteiger partial charge in [-0.15, -0.1) is 0 Å². The molecule has 0 aromatic carbocycles. The standard InChI is InChI=1S/C14H25N3O/c1-3-17-12(9-11(2)16-17)10-15-13-7-5-4-6-8-14(13)18/h9,13-15,18H,3-8,10H2,1-2H3. The summed E-state index contributed by atoms with van der Waals surface area (Å²) in [6.07, 6.45) is 5.46. The van der Waals surface area contributed by atoms with Crippen molar-refractivity contribution < 1.29 is 5.11 Å². The van der Waals surface area contributed by atoms with Crippen LogP contribution in [-0.4, -0.2) is 27.0 Å². The third kappa shape index (κ3) is 3.33. The summed E-state index contributed by atoms with van der Waals surface area (Å²) in [6, 6.07) is 2.37. The fraction of sp³-hybridized carbons (Fsp3) is 0.786. The molecule has 0 saturated heterocycles. The second-order valence-electron chi connectivity index (χ2n) is 5.29. The summed E-state index contributed by atoms with van der Waals surface area (Å²) in [7, 11) is 0. The van der Waals surface area contributed by atoms with E-state index in [2.05, 4.69) is 23.4 Å². The van der Waals surface area contributed by atoms with Crippen LogP contribution in [0.2, 0.25) is 0 Å². The van der Waals surface area contributed by atoms with Gasteiger partial charge in [0.2, 0.25) is 0 Å². The Morgan fingerprint density at radius 2 is 2.17 bits per heavy atom. The Morgan fingerprint density at radius 1 is 1.39 bits per heavy atom.